The van der Waals surface area contributed by atoms with Crippen LogP contribution in [0, 0.1) is 6.92 Å². The zero-order valence-corrected chi connectivity index (χ0v) is 12.0. The highest BCUT2D eigenvalue weighted by molar-refractivity contribution is 5.77. The van der Waals surface area contributed by atoms with Crippen LogP contribution in [0.5, 0.6) is 5.75 Å². The summed E-state index contributed by atoms with van der Waals surface area (Å²) in [7, 11) is 0. The Labute approximate surface area is 115 Å². The summed E-state index contributed by atoms with van der Waals surface area (Å²) in [5.41, 5.74) is 2.14. The second-order valence-corrected chi connectivity index (χ2v) is 4.27. The fourth-order valence-electron chi connectivity index (χ4n) is 1.76. The Hall–Kier alpha value is -1.77. The molecule has 0 fully saturated rings. The zero-order chi connectivity index (χ0) is 14.3. The molecule has 0 aromatic heterocycles. The van der Waals surface area contributed by atoms with Crippen LogP contribution in [0.4, 0.5) is 0 Å². The molecule has 0 bridgehead atoms. The zero-order valence-electron chi connectivity index (χ0n) is 12.0. The SMILES string of the molecule is [CH2]C=C(C)c1cccc(OCC(=O)N(CC)CC)c1. The lowest BCUT2D eigenvalue weighted by Gasteiger charge is -2.18. The molecule has 0 atom stereocenters. The average molecular weight is 260 g/mol. The molecule has 3 nitrogen and oxygen atoms in total. The molecular weight excluding hydrogens is 238 g/mol. The van der Waals surface area contributed by atoms with Crippen LogP contribution in [0.25, 0.3) is 5.57 Å². The third-order valence-corrected chi connectivity index (χ3v) is 3.07. The predicted octanol–water partition coefficient (Wildman–Crippen LogP) is 3.17. The van der Waals surface area contributed by atoms with Crippen molar-refractivity contribution in [3.8, 4) is 5.75 Å². The summed E-state index contributed by atoms with van der Waals surface area (Å²) in [6.45, 7) is 11.2. The number of allylic oxidation sites excluding steroid dienone is 2. The Morgan fingerprint density at radius 2 is 2.05 bits per heavy atom. The van der Waals surface area contributed by atoms with Crippen LogP contribution in [0.15, 0.2) is 30.3 Å². The lowest BCUT2D eigenvalue weighted by Crippen LogP contribution is -2.34. The van der Waals surface area contributed by atoms with Gasteiger partial charge in [-0.1, -0.05) is 18.2 Å². The maximum Gasteiger partial charge on any atom is 0.260 e. The van der Waals surface area contributed by atoms with Crippen molar-refractivity contribution in [2.45, 2.75) is 20.8 Å². The summed E-state index contributed by atoms with van der Waals surface area (Å²) >= 11 is 0. The summed E-state index contributed by atoms with van der Waals surface area (Å²) in [5, 5.41) is 0. The molecule has 0 heterocycles. The third-order valence-electron chi connectivity index (χ3n) is 3.07. The molecule has 0 saturated carbocycles. The third kappa shape index (κ3) is 4.43. The number of carbonyl (C=O) groups is 1. The quantitative estimate of drug-likeness (QED) is 0.786. The van der Waals surface area contributed by atoms with Gasteiger partial charge in [-0.2, -0.15) is 0 Å². The van der Waals surface area contributed by atoms with Gasteiger partial charge in [0.05, 0.1) is 0 Å². The minimum Gasteiger partial charge on any atom is -0.484 e. The second kappa shape index (κ2) is 7.62. The highest BCUT2D eigenvalue weighted by Crippen LogP contribution is 2.19. The van der Waals surface area contributed by atoms with Crippen LogP contribution in [0.3, 0.4) is 0 Å². The normalized spacial score (nSPS) is 11.3. The minimum absolute atomic E-state index is 0.0137. The fraction of sp³-hybridized carbons (Fsp3) is 0.375. The van der Waals surface area contributed by atoms with Crippen LogP contribution < -0.4 is 4.74 Å². The van der Waals surface area contributed by atoms with Gasteiger partial charge in [-0.25, -0.2) is 0 Å². The van der Waals surface area contributed by atoms with E-state index >= 15 is 0 Å². The van der Waals surface area contributed by atoms with Gasteiger partial charge in [0.2, 0.25) is 0 Å². The molecule has 1 radical (unpaired) electrons. The van der Waals surface area contributed by atoms with Crippen molar-refractivity contribution in [1.82, 2.24) is 4.90 Å². The molecule has 19 heavy (non-hydrogen) atoms. The summed E-state index contributed by atoms with van der Waals surface area (Å²) in [6.07, 6.45) is 1.81. The van der Waals surface area contributed by atoms with E-state index in [4.69, 9.17) is 4.74 Å². The molecule has 0 aliphatic carbocycles. The first kappa shape index (κ1) is 15.3. The maximum absolute atomic E-state index is 11.8. The summed E-state index contributed by atoms with van der Waals surface area (Å²) in [6, 6.07) is 7.69. The topological polar surface area (TPSA) is 29.5 Å². The van der Waals surface area contributed by atoms with E-state index < -0.39 is 0 Å². The first-order valence-corrected chi connectivity index (χ1v) is 6.59. The average Bonchev–Trinajstić information content (AvgIpc) is 2.45. The van der Waals surface area contributed by atoms with E-state index in [1.807, 2.05) is 45.0 Å². The van der Waals surface area contributed by atoms with Crippen molar-refractivity contribution in [1.29, 1.82) is 0 Å². The van der Waals surface area contributed by atoms with Crippen LogP contribution in [0.2, 0.25) is 0 Å². The Morgan fingerprint density at radius 3 is 2.63 bits per heavy atom. The molecule has 1 rings (SSSR count). The molecule has 103 valence electrons. The van der Waals surface area contributed by atoms with E-state index in [1.54, 1.807) is 11.0 Å². The number of nitrogens with zero attached hydrogens (tertiary/aromatic N) is 1. The molecular formula is C16H22NO2. The molecule has 0 spiro atoms. The van der Waals surface area contributed by atoms with Crippen molar-refractivity contribution in [2.75, 3.05) is 19.7 Å². The smallest absolute Gasteiger partial charge is 0.260 e. The molecule has 1 amide bonds. The first-order chi connectivity index (χ1) is 9.12. The fourth-order valence-corrected chi connectivity index (χ4v) is 1.76. The monoisotopic (exact) mass is 260 g/mol. The van der Waals surface area contributed by atoms with Crippen molar-refractivity contribution in [3.63, 3.8) is 0 Å². The highest BCUT2D eigenvalue weighted by Gasteiger charge is 2.10. The van der Waals surface area contributed by atoms with Crippen LogP contribution >= 0.6 is 0 Å². The molecule has 0 unspecified atom stereocenters. The van der Waals surface area contributed by atoms with Gasteiger partial charge in [0, 0.05) is 13.1 Å². The van der Waals surface area contributed by atoms with Gasteiger partial charge in [0.1, 0.15) is 5.75 Å². The summed E-state index contributed by atoms with van der Waals surface area (Å²) < 4.78 is 5.55. The molecule has 0 aliphatic heterocycles. The molecule has 0 saturated heterocycles. The first-order valence-electron chi connectivity index (χ1n) is 6.59. The second-order valence-electron chi connectivity index (χ2n) is 4.27. The van der Waals surface area contributed by atoms with E-state index in [2.05, 4.69) is 6.92 Å². The number of benzene rings is 1. The van der Waals surface area contributed by atoms with Crippen LogP contribution in [0.1, 0.15) is 26.3 Å². The molecule has 1 aromatic carbocycles. The predicted molar refractivity (Wildman–Crippen MR) is 78.9 cm³/mol. The Kier molecular flexibility index (Phi) is 6.13. The van der Waals surface area contributed by atoms with Gasteiger partial charge in [-0.05, 0) is 51.0 Å². The summed E-state index contributed by atoms with van der Waals surface area (Å²) in [5.74, 6) is 0.721. The van der Waals surface area contributed by atoms with E-state index in [0.717, 1.165) is 11.1 Å². The number of likely N-dealkylation sites (N-methyl/N-ethyl adjacent to an activating group) is 1. The molecule has 0 N–H and O–H groups in total. The van der Waals surface area contributed by atoms with Gasteiger partial charge in [0.25, 0.3) is 5.91 Å². The van der Waals surface area contributed by atoms with E-state index in [0.29, 0.717) is 18.8 Å². The number of amides is 1. The van der Waals surface area contributed by atoms with Crippen molar-refractivity contribution in [2.24, 2.45) is 0 Å². The molecule has 0 aliphatic rings. The van der Waals surface area contributed by atoms with E-state index in [9.17, 15) is 4.79 Å². The molecule has 1 aromatic rings. The van der Waals surface area contributed by atoms with Crippen molar-refractivity contribution in [3.05, 3.63) is 42.8 Å². The molecule has 3 heteroatoms. The van der Waals surface area contributed by atoms with Gasteiger partial charge < -0.3 is 9.64 Å². The number of carbonyl (C=O) groups excluding carboxylic acids is 1. The Morgan fingerprint density at radius 1 is 1.37 bits per heavy atom. The van der Waals surface area contributed by atoms with Gasteiger partial charge in [-0.15, -0.1) is 0 Å². The van der Waals surface area contributed by atoms with Gasteiger partial charge in [0.15, 0.2) is 6.61 Å². The van der Waals surface area contributed by atoms with E-state index in [-0.39, 0.29) is 12.5 Å². The lowest BCUT2D eigenvalue weighted by molar-refractivity contribution is -0.132. The largest absolute Gasteiger partial charge is 0.484 e. The van der Waals surface area contributed by atoms with Gasteiger partial charge in [-0.3, -0.25) is 4.79 Å². The minimum atomic E-state index is 0.0137. The van der Waals surface area contributed by atoms with Crippen molar-refractivity contribution >= 4 is 11.5 Å². The number of hydrogen-bond donors (Lipinski definition) is 0. The lowest BCUT2D eigenvalue weighted by atomic mass is 10.1. The van der Waals surface area contributed by atoms with Gasteiger partial charge >= 0.3 is 0 Å². The standard InChI is InChI=1S/C16H22NO2/c1-5-13(4)14-9-8-10-15(11-14)19-12-16(18)17(6-2)7-3/h5,8-11H,1,6-7,12H2,2-4H3. The van der Waals surface area contributed by atoms with E-state index in [1.165, 1.54) is 0 Å². The van der Waals surface area contributed by atoms with Crippen LogP contribution in [-0.4, -0.2) is 30.5 Å². The highest BCUT2D eigenvalue weighted by atomic mass is 16.5. The Balaban J connectivity index is 2.66. The number of rotatable bonds is 6. The van der Waals surface area contributed by atoms with Crippen LogP contribution in [-0.2, 0) is 4.79 Å². The maximum atomic E-state index is 11.8. The number of hydrogen-bond acceptors (Lipinski definition) is 2. The number of ether oxygens (including phenoxy) is 1. The summed E-state index contributed by atoms with van der Waals surface area (Å²) in [4.78, 5) is 13.6. The van der Waals surface area contributed by atoms with Crippen molar-refractivity contribution < 1.29 is 9.53 Å². The Bertz CT molecular complexity index is 448.